The van der Waals surface area contributed by atoms with Crippen LogP contribution in [0.5, 0.6) is 0 Å². The van der Waals surface area contributed by atoms with Crippen LogP contribution >= 0.6 is 11.6 Å². The van der Waals surface area contributed by atoms with Gasteiger partial charge >= 0.3 is 12.1 Å². The number of carboxylic acid groups (broad SMARTS) is 1. The molecule has 6 nitrogen and oxygen atoms in total. The van der Waals surface area contributed by atoms with Crippen LogP contribution in [-0.4, -0.2) is 26.8 Å². The molecule has 1 heterocycles. The molecule has 1 aromatic heterocycles. The molecule has 0 fully saturated rings. The fourth-order valence-electron chi connectivity index (χ4n) is 3.43. The molecule has 1 amide bonds. The summed E-state index contributed by atoms with van der Waals surface area (Å²) >= 11 is 5.95. The molecule has 3 rings (SSSR count). The standard InChI is InChI=1S/C22H18ClF4N3O3/c1-11(13-6-7-15(21(32)33)16(24)10-13)28-20(31)18-17(9-12-4-3-5-14(23)8-12)29-30(2)19(18)22(25,26)27/h3-8,10-11H,9H2,1-2H3,(H,28,31)(H,32,33). The van der Waals surface area contributed by atoms with E-state index in [-0.39, 0.29) is 17.7 Å². The smallest absolute Gasteiger partial charge is 0.433 e. The van der Waals surface area contributed by atoms with Gasteiger partial charge in [0, 0.05) is 18.5 Å². The average Bonchev–Trinajstić information content (AvgIpc) is 3.03. The Balaban J connectivity index is 1.97. The molecule has 0 spiro atoms. The number of carboxylic acids is 1. The van der Waals surface area contributed by atoms with Gasteiger partial charge < -0.3 is 10.4 Å². The van der Waals surface area contributed by atoms with Crippen LogP contribution in [0.2, 0.25) is 5.02 Å². The molecule has 2 aromatic carbocycles. The second kappa shape index (κ2) is 9.22. The Kier molecular flexibility index (Phi) is 6.78. The summed E-state index contributed by atoms with van der Waals surface area (Å²) in [6.07, 6.45) is -4.94. The van der Waals surface area contributed by atoms with Crippen LogP contribution in [0.4, 0.5) is 17.6 Å². The van der Waals surface area contributed by atoms with E-state index in [2.05, 4.69) is 10.4 Å². The van der Waals surface area contributed by atoms with E-state index in [1.165, 1.54) is 13.0 Å². The maximum atomic E-state index is 14.0. The van der Waals surface area contributed by atoms with Gasteiger partial charge in [-0.15, -0.1) is 0 Å². The minimum absolute atomic E-state index is 0.0798. The second-order valence-corrected chi connectivity index (χ2v) is 7.77. The lowest BCUT2D eigenvalue weighted by Crippen LogP contribution is -2.30. The van der Waals surface area contributed by atoms with Crippen LogP contribution in [0, 0.1) is 5.82 Å². The van der Waals surface area contributed by atoms with Crippen LogP contribution in [0.1, 0.15) is 56.2 Å². The predicted molar refractivity (Wildman–Crippen MR) is 112 cm³/mol. The number of nitrogens with zero attached hydrogens (tertiary/aromatic N) is 2. The molecule has 11 heteroatoms. The molecule has 0 radical (unpaired) electrons. The van der Waals surface area contributed by atoms with Crippen molar-refractivity contribution in [1.29, 1.82) is 0 Å². The van der Waals surface area contributed by atoms with Crippen molar-refractivity contribution in [2.75, 3.05) is 0 Å². The largest absolute Gasteiger partial charge is 0.478 e. The first-order valence-corrected chi connectivity index (χ1v) is 9.97. The highest BCUT2D eigenvalue weighted by atomic mass is 35.5. The van der Waals surface area contributed by atoms with Gasteiger partial charge in [0.1, 0.15) is 5.82 Å². The molecule has 33 heavy (non-hydrogen) atoms. The van der Waals surface area contributed by atoms with Crippen molar-refractivity contribution >= 4 is 23.5 Å². The quantitative estimate of drug-likeness (QED) is 0.483. The van der Waals surface area contributed by atoms with Crippen LogP contribution < -0.4 is 5.32 Å². The maximum absolute atomic E-state index is 14.0. The van der Waals surface area contributed by atoms with Gasteiger partial charge in [0.2, 0.25) is 0 Å². The summed E-state index contributed by atoms with van der Waals surface area (Å²) in [5.74, 6) is -3.55. The van der Waals surface area contributed by atoms with Gasteiger partial charge in [-0.2, -0.15) is 18.3 Å². The Bertz CT molecular complexity index is 1220. The number of benzene rings is 2. The molecule has 2 N–H and O–H groups in total. The Hall–Kier alpha value is -3.40. The molecule has 0 aliphatic carbocycles. The summed E-state index contributed by atoms with van der Waals surface area (Å²) in [7, 11) is 1.09. The molecule has 3 aromatic rings. The van der Waals surface area contributed by atoms with Crippen LogP contribution in [0.25, 0.3) is 0 Å². The monoisotopic (exact) mass is 483 g/mol. The molecular weight excluding hydrogens is 466 g/mol. The lowest BCUT2D eigenvalue weighted by atomic mass is 10.0. The minimum atomic E-state index is -4.86. The van der Waals surface area contributed by atoms with Crippen molar-refractivity contribution < 1.29 is 32.3 Å². The van der Waals surface area contributed by atoms with Crippen LogP contribution in [0.3, 0.4) is 0 Å². The van der Waals surface area contributed by atoms with Crippen LogP contribution in [-0.2, 0) is 19.6 Å². The van der Waals surface area contributed by atoms with E-state index < -0.39 is 46.7 Å². The highest BCUT2D eigenvalue weighted by Crippen LogP contribution is 2.34. The lowest BCUT2D eigenvalue weighted by molar-refractivity contribution is -0.144. The number of carbonyl (C=O) groups is 2. The van der Waals surface area contributed by atoms with E-state index in [1.54, 1.807) is 24.3 Å². The average molecular weight is 484 g/mol. The van der Waals surface area contributed by atoms with Crippen molar-refractivity contribution in [2.45, 2.75) is 25.6 Å². The molecule has 0 aliphatic heterocycles. The van der Waals surface area contributed by atoms with Crippen LogP contribution in [0.15, 0.2) is 42.5 Å². The van der Waals surface area contributed by atoms with E-state index in [0.29, 0.717) is 15.3 Å². The van der Waals surface area contributed by atoms with Crippen molar-refractivity contribution in [2.24, 2.45) is 7.05 Å². The Morgan fingerprint density at radius 1 is 1.21 bits per heavy atom. The number of nitrogens with one attached hydrogen (secondary N) is 1. The third-order valence-electron chi connectivity index (χ3n) is 4.95. The van der Waals surface area contributed by atoms with Crippen molar-refractivity contribution in [3.63, 3.8) is 0 Å². The van der Waals surface area contributed by atoms with E-state index in [4.69, 9.17) is 16.7 Å². The fourth-order valence-corrected chi connectivity index (χ4v) is 3.65. The number of hydrogen-bond donors (Lipinski definition) is 2. The fraction of sp³-hybridized carbons (Fsp3) is 0.227. The first kappa shape index (κ1) is 24.2. The highest BCUT2D eigenvalue weighted by molar-refractivity contribution is 6.30. The molecule has 0 aliphatic rings. The van der Waals surface area contributed by atoms with Gasteiger partial charge in [-0.1, -0.05) is 29.8 Å². The normalized spacial score (nSPS) is 12.5. The lowest BCUT2D eigenvalue weighted by Gasteiger charge is -2.17. The van der Waals surface area contributed by atoms with Crippen molar-refractivity contribution in [1.82, 2.24) is 15.1 Å². The zero-order valence-corrected chi connectivity index (χ0v) is 18.1. The number of aromatic carboxylic acids is 1. The van der Waals surface area contributed by atoms with E-state index in [0.717, 1.165) is 19.2 Å². The van der Waals surface area contributed by atoms with Gasteiger partial charge in [0.25, 0.3) is 5.91 Å². The predicted octanol–water partition coefficient (Wildman–Crippen LogP) is 5.01. The molecule has 0 saturated heterocycles. The van der Waals surface area contributed by atoms with Crippen molar-refractivity contribution in [3.05, 3.63) is 86.9 Å². The minimum Gasteiger partial charge on any atom is -0.478 e. The number of halogens is 5. The van der Waals surface area contributed by atoms with Gasteiger partial charge in [-0.05, 0) is 42.3 Å². The summed E-state index contributed by atoms with van der Waals surface area (Å²) < 4.78 is 55.9. The van der Waals surface area contributed by atoms with E-state index in [9.17, 15) is 27.2 Å². The number of amides is 1. The zero-order valence-electron chi connectivity index (χ0n) is 17.4. The van der Waals surface area contributed by atoms with Gasteiger partial charge in [0.15, 0.2) is 5.69 Å². The Morgan fingerprint density at radius 2 is 1.91 bits per heavy atom. The number of alkyl halides is 3. The summed E-state index contributed by atoms with van der Waals surface area (Å²) in [4.78, 5) is 23.9. The van der Waals surface area contributed by atoms with E-state index >= 15 is 0 Å². The van der Waals surface area contributed by atoms with Gasteiger partial charge in [-0.25, -0.2) is 9.18 Å². The topological polar surface area (TPSA) is 84.2 Å². The number of hydrogen-bond acceptors (Lipinski definition) is 3. The molecular formula is C22H18ClF4N3O3. The molecule has 1 atom stereocenters. The van der Waals surface area contributed by atoms with Crippen molar-refractivity contribution in [3.8, 4) is 0 Å². The number of rotatable bonds is 6. The second-order valence-electron chi connectivity index (χ2n) is 7.34. The number of aryl methyl sites for hydroxylation is 1. The third kappa shape index (κ3) is 5.33. The summed E-state index contributed by atoms with van der Waals surface area (Å²) in [5.41, 5.74) is -1.81. The maximum Gasteiger partial charge on any atom is 0.433 e. The summed E-state index contributed by atoms with van der Waals surface area (Å²) in [5, 5.41) is 15.6. The number of carbonyl (C=O) groups excluding carboxylic acids is 1. The highest BCUT2D eigenvalue weighted by Gasteiger charge is 2.41. The first-order valence-electron chi connectivity index (χ1n) is 9.59. The number of aromatic nitrogens is 2. The molecule has 0 saturated carbocycles. The first-order chi connectivity index (χ1) is 15.4. The SMILES string of the molecule is CC(NC(=O)c1c(Cc2cccc(Cl)c2)nn(C)c1C(F)(F)F)c1ccc(C(=O)O)c(F)c1. The Labute approximate surface area is 190 Å². The van der Waals surface area contributed by atoms with E-state index in [1.807, 2.05) is 0 Å². The summed E-state index contributed by atoms with van der Waals surface area (Å²) in [6.45, 7) is 1.44. The molecule has 174 valence electrons. The summed E-state index contributed by atoms with van der Waals surface area (Å²) in [6, 6.07) is 8.72. The zero-order chi connectivity index (χ0) is 24.5. The van der Waals surface area contributed by atoms with Gasteiger partial charge in [-0.3, -0.25) is 9.48 Å². The molecule has 0 bridgehead atoms. The van der Waals surface area contributed by atoms with Gasteiger partial charge in [0.05, 0.1) is 22.9 Å². The molecule has 1 unspecified atom stereocenters. The third-order valence-corrected chi connectivity index (χ3v) is 5.18. The Morgan fingerprint density at radius 3 is 2.48 bits per heavy atom.